The molecule has 2 aromatic rings. The zero-order valence-electron chi connectivity index (χ0n) is 20.3. The number of carbonyl (C=O) groups excluding carboxylic acids is 1. The normalized spacial score (nSPS) is 22.5. The number of fused-ring (bicyclic) bond motifs is 4. The Kier molecular flexibility index (Phi) is 5.55. The van der Waals surface area contributed by atoms with Crippen molar-refractivity contribution >= 4 is 28.9 Å². The maximum Gasteiger partial charge on any atom is 0.283 e. The number of nitrogens with zero attached hydrogens (tertiary/aromatic N) is 1. The number of carbonyl (C=O) groups is 1. The quantitative estimate of drug-likeness (QED) is 0.585. The van der Waals surface area contributed by atoms with Gasteiger partial charge in [-0.1, -0.05) is 57.3 Å². The van der Waals surface area contributed by atoms with E-state index in [1.54, 1.807) is 6.08 Å². The molecule has 35 heavy (non-hydrogen) atoms. The van der Waals surface area contributed by atoms with Gasteiger partial charge in [-0.05, 0) is 48.2 Å². The molecule has 6 nitrogen and oxygen atoms in total. The molecule has 2 N–H and O–H groups in total. The molecule has 0 saturated heterocycles. The number of thiocarbonyl (C=S) groups is 1. The minimum absolute atomic E-state index is 0.0176. The van der Waals surface area contributed by atoms with Crippen LogP contribution in [0.25, 0.3) is 0 Å². The third-order valence-corrected chi connectivity index (χ3v) is 6.79. The Balaban J connectivity index is 1.59. The number of rotatable bonds is 4. The lowest BCUT2D eigenvalue weighted by atomic mass is 9.78. The lowest BCUT2D eigenvalue weighted by molar-refractivity contribution is -0.113. The fraction of sp³-hybridized carbons (Fsp3) is 0.321. The van der Waals surface area contributed by atoms with Crippen molar-refractivity contribution in [2.45, 2.75) is 39.2 Å². The average Bonchev–Trinajstić information content (AvgIpc) is 3.19. The van der Waals surface area contributed by atoms with Crippen LogP contribution in [0.4, 0.5) is 0 Å². The topological polar surface area (TPSA) is 83.1 Å². The van der Waals surface area contributed by atoms with E-state index in [1.807, 2.05) is 48.6 Å². The molecule has 5 rings (SSSR count). The van der Waals surface area contributed by atoms with E-state index in [0.717, 1.165) is 22.4 Å². The van der Waals surface area contributed by atoms with Gasteiger partial charge in [0.2, 0.25) is 0 Å². The second kappa shape index (κ2) is 8.34. The van der Waals surface area contributed by atoms with Crippen molar-refractivity contribution in [1.82, 2.24) is 0 Å². The Hall–Kier alpha value is -3.45. The monoisotopic (exact) mass is 488 g/mol. The van der Waals surface area contributed by atoms with Crippen molar-refractivity contribution in [2.24, 2.45) is 16.1 Å². The highest BCUT2D eigenvalue weighted by Gasteiger charge is 2.47. The Labute approximate surface area is 210 Å². The van der Waals surface area contributed by atoms with Crippen LogP contribution in [0.15, 0.2) is 65.2 Å². The summed E-state index contributed by atoms with van der Waals surface area (Å²) in [4.78, 5) is 17.5. The van der Waals surface area contributed by atoms with Crippen LogP contribution in [0.1, 0.15) is 50.3 Å². The average molecular weight is 489 g/mol. The van der Waals surface area contributed by atoms with E-state index in [2.05, 4.69) is 20.8 Å². The van der Waals surface area contributed by atoms with Crippen LogP contribution in [-0.2, 0) is 15.1 Å². The third kappa shape index (κ3) is 4.14. The molecule has 2 heterocycles. The van der Waals surface area contributed by atoms with E-state index in [-0.39, 0.29) is 29.7 Å². The summed E-state index contributed by atoms with van der Waals surface area (Å²) in [7, 11) is 0. The largest absolute Gasteiger partial charge is 0.493 e. The van der Waals surface area contributed by atoms with Gasteiger partial charge in [0, 0.05) is 27.5 Å². The first-order chi connectivity index (χ1) is 16.6. The van der Waals surface area contributed by atoms with Gasteiger partial charge in [-0.25, -0.2) is 4.99 Å². The summed E-state index contributed by atoms with van der Waals surface area (Å²) in [5.74, 6) is 1.85. The van der Waals surface area contributed by atoms with Crippen LogP contribution < -0.4 is 15.2 Å². The number of aliphatic imine (C=N–C) groups is 1. The molecule has 0 bridgehead atoms. The molecule has 2 aromatic carbocycles. The van der Waals surface area contributed by atoms with Gasteiger partial charge in [0.1, 0.15) is 23.9 Å². The van der Waals surface area contributed by atoms with E-state index in [9.17, 15) is 4.79 Å². The Morgan fingerprint density at radius 1 is 1.20 bits per heavy atom. The number of hydrogen-bond acceptors (Lipinski definition) is 7. The summed E-state index contributed by atoms with van der Waals surface area (Å²) >= 11 is 5.69. The van der Waals surface area contributed by atoms with E-state index in [4.69, 9.17) is 37.2 Å². The lowest BCUT2D eigenvalue weighted by Crippen LogP contribution is -2.31. The van der Waals surface area contributed by atoms with E-state index >= 15 is 0 Å². The lowest BCUT2D eigenvalue weighted by Gasteiger charge is -2.34. The Morgan fingerprint density at radius 2 is 1.91 bits per heavy atom. The summed E-state index contributed by atoms with van der Waals surface area (Å²) in [5, 5.41) is 0. The number of hydrogen-bond donors (Lipinski definition) is 1. The highest BCUT2D eigenvalue weighted by Crippen LogP contribution is 2.52. The van der Waals surface area contributed by atoms with Crippen LogP contribution in [0, 0.1) is 5.41 Å². The Bertz CT molecular complexity index is 1330. The molecule has 0 aromatic heterocycles. The smallest absolute Gasteiger partial charge is 0.283 e. The zero-order valence-corrected chi connectivity index (χ0v) is 21.1. The van der Waals surface area contributed by atoms with Gasteiger partial charge in [0.05, 0.1) is 6.61 Å². The van der Waals surface area contributed by atoms with Crippen molar-refractivity contribution in [3.8, 4) is 17.2 Å². The maximum atomic E-state index is 12.1. The van der Waals surface area contributed by atoms with Gasteiger partial charge in [0.15, 0.2) is 11.3 Å². The number of Topliss-reactive ketones (excluding diaryl/α,β-unsaturated/α-hetero) is 1. The maximum absolute atomic E-state index is 12.1. The SMILES string of the molecule is CC(=O)C1=CC=CC(c2ccc3c(c2)[C@@]2(COC(N)=N2)c2cc(OCC(C)(C)C)ccc2O3)C1=S. The molecule has 1 spiro atoms. The summed E-state index contributed by atoms with van der Waals surface area (Å²) in [6.07, 6.45) is 5.66. The summed E-state index contributed by atoms with van der Waals surface area (Å²) in [6.45, 7) is 8.73. The highest BCUT2D eigenvalue weighted by atomic mass is 32.1. The summed E-state index contributed by atoms with van der Waals surface area (Å²) in [6, 6.07) is 11.8. The van der Waals surface area contributed by atoms with Crippen LogP contribution >= 0.6 is 12.2 Å². The van der Waals surface area contributed by atoms with Crippen LogP contribution in [0.3, 0.4) is 0 Å². The third-order valence-electron chi connectivity index (χ3n) is 6.32. The fourth-order valence-electron chi connectivity index (χ4n) is 4.59. The van der Waals surface area contributed by atoms with Crippen molar-refractivity contribution in [1.29, 1.82) is 0 Å². The number of ether oxygens (including phenoxy) is 3. The predicted octanol–water partition coefficient (Wildman–Crippen LogP) is 5.34. The highest BCUT2D eigenvalue weighted by molar-refractivity contribution is 7.81. The number of allylic oxidation sites excluding steroid dienone is 4. The second-order valence-electron chi connectivity index (χ2n) is 10.3. The molecule has 0 radical (unpaired) electrons. The molecule has 7 heteroatoms. The van der Waals surface area contributed by atoms with Crippen molar-refractivity contribution in [3.05, 3.63) is 76.9 Å². The van der Waals surface area contributed by atoms with E-state index in [0.29, 0.717) is 28.5 Å². The first-order valence-corrected chi connectivity index (χ1v) is 12.0. The molecule has 2 atom stereocenters. The minimum Gasteiger partial charge on any atom is -0.493 e. The van der Waals surface area contributed by atoms with Crippen LogP contribution in [0.5, 0.6) is 17.2 Å². The fourth-order valence-corrected chi connectivity index (χ4v) is 5.01. The first-order valence-electron chi connectivity index (χ1n) is 11.6. The van der Waals surface area contributed by atoms with E-state index in [1.165, 1.54) is 6.92 Å². The summed E-state index contributed by atoms with van der Waals surface area (Å²) in [5.41, 5.74) is 8.37. The number of nitrogens with two attached hydrogens (primary N) is 1. The van der Waals surface area contributed by atoms with Gasteiger partial charge in [-0.2, -0.15) is 0 Å². The van der Waals surface area contributed by atoms with Gasteiger partial charge in [-0.15, -0.1) is 0 Å². The molecule has 3 aliphatic rings. The zero-order chi connectivity index (χ0) is 25.0. The molecule has 1 unspecified atom stereocenters. The molecular weight excluding hydrogens is 460 g/mol. The van der Waals surface area contributed by atoms with Gasteiger partial charge in [0.25, 0.3) is 6.02 Å². The molecule has 2 aliphatic heterocycles. The van der Waals surface area contributed by atoms with E-state index < -0.39 is 5.54 Å². The van der Waals surface area contributed by atoms with Gasteiger partial charge >= 0.3 is 0 Å². The standard InChI is InChI=1S/C28H28N2O4S/c1-16(31)19-6-5-7-20(25(19)35)17-8-10-23-21(12-17)28(15-33-26(29)30-28)22-13-18(9-11-24(22)34-23)32-14-27(2,3)4/h5-13,20H,14-15H2,1-4H3,(H2,29,30)/t20?,28-/m0/s1. The molecule has 0 saturated carbocycles. The minimum atomic E-state index is -0.872. The molecule has 0 amide bonds. The van der Waals surface area contributed by atoms with Gasteiger partial charge < -0.3 is 19.9 Å². The van der Waals surface area contributed by atoms with Crippen LogP contribution in [-0.4, -0.2) is 29.9 Å². The summed E-state index contributed by atoms with van der Waals surface area (Å²) < 4.78 is 18.1. The first kappa shape index (κ1) is 23.3. The molecule has 180 valence electrons. The number of ketones is 1. The van der Waals surface area contributed by atoms with Crippen LogP contribution in [0.2, 0.25) is 0 Å². The predicted molar refractivity (Wildman–Crippen MR) is 140 cm³/mol. The van der Waals surface area contributed by atoms with Crippen molar-refractivity contribution in [2.75, 3.05) is 13.2 Å². The molecule has 1 aliphatic carbocycles. The molecule has 0 fully saturated rings. The second-order valence-corrected chi connectivity index (χ2v) is 10.8. The number of benzene rings is 2. The van der Waals surface area contributed by atoms with Crippen molar-refractivity contribution < 1.29 is 19.0 Å². The van der Waals surface area contributed by atoms with Gasteiger partial charge in [-0.3, -0.25) is 4.79 Å². The number of amidine groups is 1. The van der Waals surface area contributed by atoms with Crippen molar-refractivity contribution in [3.63, 3.8) is 0 Å². The Morgan fingerprint density at radius 3 is 2.57 bits per heavy atom. The molecular formula is C28H28N2O4S.